The van der Waals surface area contributed by atoms with Crippen LogP contribution in [0.5, 0.6) is 17.2 Å². The van der Waals surface area contributed by atoms with Gasteiger partial charge in [0.25, 0.3) is 0 Å². The first kappa shape index (κ1) is 19.8. The molecule has 26 heavy (non-hydrogen) atoms. The first-order valence-electron chi connectivity index (χ1n) is 7.34. The Bertz CT molecular complexity index is 865. The fourth-order valence-corrected chi connectivity index (χ4v) is 2.55. The van der Waals surface area contributed by atoms with Gasteiger partial charge >= 0.3 is 7.12 Å². The Kier molecular flexibility index (Phi) is 6.67. The van der Waals surface area contributed by atoms with Gasteiger partial charge in [0.2, 0.25) is 11.7 Å². The highest BCUT2D eigenvalue weighted by atomic mass is 79.9. The summed E-state index contributed by atoms with van der Waals surface area (Å²) in [6.07, 6.45) is 0. The molecular weight excluding hydrogens is 407 g/mol. The van der Waals surface area contributed by atoms with E-state index < -0.39 is 7.12 Å². The molecule has 0 radical (unpaired) electrons. The van der Waals surface area contributed by atoms with Crippen LogP contribution in [-0.2, 0) is 0 Å². The molecular formula is C15H18BBrN4O5. The van der Waals surface area contributed by atoms with Gasteiger partial charge in [-0.15, -0.1) is 5.10 Å². The number of nitrogens with two attached hydrogens (primary N) is 1. The van der Waals surface area contributed by atoms with E-state index in [1.807, 2.05) is 18.2 Å². The normalized spacial score (nSPS) is 10.1. The van der Waals surface area contributed by atoms with E-state index in [1.54, 1.807) is 4.52 Å². The van der Waals surface area contributed by atoms with Gasteiger partial charge in [-0.2, -0.15) is 4.98 Å². The van der Waals surface area contributed by atoms with Crippen LogP contribution >= 0.6 is 15.9 Å². The third kappa shape index (κ3) is 4.37. The summed E-state index contributed by atoms with van der Waals surface area (Å²) < 4.78 is 17.6. The van der Waals surface area contributed by atoms with Crippen LogP contribution in [0.1, 0.15) is 0 Å². The average molecular weight is 425 g/mol. The van der Waals surface area contributed by atoms with Crippen LogP contribution < -0.4 is 25.4 Å². The SMILES string of the molecule is COc1cc(B(O)O)cc(OC)c1OC.Nc1nc2cccc(Br)n2n1. The molecule has 3 aromatic rings. The third-order valence-corrected chi connectivity index (χ3v) is 3.92. The van der Waals surface area contributed by atoms with Crippen LogP contribution in [0, 0.1) is 0 Å². The summed E-state index contributed by atoms with van der Waals surface area (Å²) in [6, 6.07) is 8.56. The Morgan fingerprint density at radius 1 is 1.08 bits per heavy atom. The van der Waals surface area contributed by atoms with Gasteiger partial charge in [-0.25, -0.2) is 4.52 Å². The van der Waals surface area contributed by atoms with Gasteiger partial charge in [0.15, 0.2) is 17.1 Å². The number of aromatic nitrogens is 3. The second kappa shape index (κ2) is 8.74. The Balaban J connectivity index is 0.000000195. The number of methoxy groups -OCH3 is 3. The van der Waals surface area contributed by atoms with Crippen molar-refractivity contribution >= 4 is 40.1 Å². The predicted octanol–water partition coefficient (Wildman–Crippen LogP) is 0.466. The van der Waals surface area contributed by atoms with Crippen molar-refractivity contribution in [3.05, 3.63) is 34.9 Å². The molecule has 9 nitrogen and oxygen atoms in total. The number of nitrogens with zero attached hydrogens (tertiary/aromatic N) is 3. The summed E-state index contributed by atoms with van der Waals surface area (Å²) in [5, 5.41) is 22.0. The van der Waals surface area contributed by atoms with E-state index in [0.717, 1.165) is 10.3 Å². The smallest absolute Gasteiger partial charge is 0.488 e. The zero-order valence-electron chi connectivity index (χ0n) is 14.4. The molecule has 138 valence electrons. The summed E-state index contributed by atoms with van der Waals surface area (Å²) in [5.74, 6) is 1.49. The van der Waals surface area contributed by atoms with Crippen LogP contribution in [0.2, 0.25) is 0 Å². The summed E-state index contributed by atoms with van der Waals surface area (Å²) in [4.78, 5) is 3.97. The number of ether oxygens (including phenoxy) is 3. The van der Waals surface area contributed by atoms with Crippen molar-refractivity contribution < 1.29 is 24.3 Å². The highest BCUT2D eigenvalue weighted by molar-refractivity contribution is 9.10. The average Bonchev–Trinajstić information content (AvgIpc) is 3.02. The van der Waals surface area contributed by atoms with E-state index in [2.05, 4.69) is 26.0 Å². The Morgan fingerprint density at radius 2 is 1.69 bits per heavy atom. The number of pyridine rings is 1. The molecule has 0 saturated heterocycles. The third-order valence-electron chi connectivity index (χ3n) is 3.32. The molecule has 0 fully saturated rings. The van der Waals surface area contributed by atoms with Crippen molar-refractivity contribution in [3.8, 4) is 17.2 Å². The van der Waals surface area contributed by atoms with Crippen molar-refractivity contribution in [3.63, 3.8) is 0 Å². The van der Waals surface area contributed by atoms with Gasteiger partial charge in [-0.1, -0.05) is 6.07 Å². The predicted molar refractivity (Wildman–Crippen MR) is 101 cm³/mol. The zero-order valence-corrected chi connectivity index (χ0v) is 16.0. The Morgan fingerprint density at radius 3 is 2.15 bits per heavy atom. The van der Waals surface area contributed by atoms with E-state index in [9.17, 15) is 0 Å². The maximum atomic E-state index is 9.03. The molecule has 0 aliphatic rings. The number of hydrogen-bond donors (Lipinski definition) is 3. The van der Waals surface area contributed by atoms with Gasteiger partial charge in [-0.3, -0.25) is 0 Å². The number of anilines is 1. The summed E-state index contributed by atoms with van der Waals surface area (Å²) >= 11 is 3.32. The second-order valence-corrected chi connectivity index (χ2v) is 5.73. The number of fused-ring (bicyclic) bond motifs is 1. The van der Waals surface area contributed by atoms with Crippen molar-refractivity contribution in [1.29, 1.82) is 0 Å². The fourth-order valence-electron chi connectivity index (χ4n) is 2.14. The zero-order chi connectivity index (χ0) is 19.3. The molecule has 0 saturated carbocycles. The van der Waals surface area contributed by atoms with Crippen molar-refractivity contribution in [2.45, 2.75) is 0 Å². The van der Waals surface area contributed by atoms with E-state index in [4.69, 9.17) is 30.0 Å². The highest BCUT2D eigenvalue weighted by Gasteiger charge is 2.19. The molecule has 4 N–H and O–H groups in total. The van der Waals surface area contributed by atoms with Crippen molar-refractivity contribution in [2.75, 3.05) is 27.1 Å². The van der Waals surface area contributed by atoms with Gasteiger partial charge in [0.1, 0.15) is 4.60 Å². The maximum Gasteiger partial charge on any atom is 0.488 e. The number of halogens is 1. The molecule has 2 aromatic heterocycles. The Labute approximate surface area is 158 Å². The molecule has 0 amide bonds. The minimum absolute atomic E-state index is 0.282. The van der Waals surface area contributed by atoms with Gasteiger partial charge in [0.05, 0.1) is 21.3 Å². The van der Waals surface area contributed by atoms with E-state index >= 15 is 0 Å². The lowest BCUT2D eigenvalue weighted by atomic mass is 9.80. The van der Waals surface area contributed by atoms with Crippen LogP contribution in [0.15, 0.2) is 34.9 Å². The first-order chi connectivity index (χ1) is 12.4. The van der Waals surface area contributed by atoms with Crippen molar-refractivity contribution in [2.24, 2.45) is 0 Å². The molecule has 0 spiro atoms. The molecule has 2 heterocycles. The Hall–Kier alpha value is -2.50. The van der Waals surface area contributed by atoms with Crippen LogP contribution in [0.25, 0.3) is 5.65 Å². The van der Waals surface area contributed by atoms with Gasteiger partial charge in [0, 0.05) is 0 Å². The van der Waals surface area contributed by atoms with Gasteiger partial charge in [-0.05, 0) is 45.7 Å². The van der Waals surface area contributed by atoms with E-state index in [-0.39, 0.29) is 11.4 Å². The number of rotatable bonds is 4. The maximum absolute atomic E-state index is 9.03. The minimum atomic E-state index is -1.57. The largest absolute Gasteiger partial charge is 0.493 e. The fraction of sp³-hybridized carbons (Fsp3) is 0.200. The molecule has 0 atom stereocenters. The van der Waals surface area contributed by atoms with Crippen LogP contribution in [0.3, 0.4) is 0 Å². The number of hydrogen-bond acceptors (Lipinski definition) is 8. The molecule has 0 aliphatic carbocycles. The minimum Gasteiger partial charge on any atom is -0.493 e. The quantitative estimate of drug-likeness (QED) is 0.407. The van der Waals surface area contributed by atoms with E-state index in [1.165, 1.54) is 33.5 Å². The summed E-state index contributed by atoms with van der Waals surface area (Å²) in [6.45, 7) is 0. The highest BCUT2D eigenvalue weighted by Crippen LogP contribution is 2.35. The molecule has 0 unspecified atom stereocenters. The summed E-state index contributed by atoms with van der Waals surface area (Å²) in [5.41, 5.74) is 6.42. The number of nitrogen functional groups attached to an aromatic ring is 1. The molecule has 11 heteroatoms. The van der Waals surface area contributed by atoms with E-state index in [0.29, 0.717) is 17.2 Å². The topological polar surface area (TPSA) is 124 Å². The first-order valence-corrected chi connectivity index (χ1v) is 8.13. The second-order valence-electron chi connectivity index (χ2n) is 4.92. The molecule has 0 bridgehead atoms. The lowest BCUT2D eigenvalue weighted by Crippen LogP contribution is -2.30. The standard InChI is InChI=1S/C9H13BO5.C6H5BrN4/c1-13-7-4-6(10(11)12)5-8(14-2)9(7)15-3;7-4-2-1-3-5-9-6(8)10-11(4)5/h4-5,11-12H,1-3H3;1-3H,(H2,8,10). The molecule has 0 aliphatic heterocycles. The van der Waals surface area contributed by atoms with Crippen molar-refractivity contribution in [1.82, 2.24) is 14.6 Å². The lowest BCUT2D eigenvalue weighted by molar-refractivity contribution is 0.324. The van der Waals surface area contributed by atoms with Crippen LogP contribution in [0.4, 0.5) is 5.95 Å². The lowest BCUT2D eigenvalue weighted by Gasteiger charge is -2.13. The summed E-state index contributed by atoms with van der Waals surface area (Å²) in [7, 11) is 2.84. The van der Waals surface area contributed by atoms with Crippen LogP contribution in [-0.4, -0.2) is 53.1 Å². The van der Waals surface area contributed by atoms with Gasteiger partial charge < -0.3 is 30.0 Å². The number of benzene rings is 1. The molecule has 1 aromatic carbocycles. The monoisotopic (exact) mass is 424 g/mol. The molecule has 3 rings (SSSR count).